The van der Waals surface area contributed by atoms with Crippen LogP contribution < -0.4 is 0 Å². The molecule has 0 bridgehead atoms. The number of ether oxygens (including phenoxy) is 1. The van der Waals surface area contributed by atoms with Crippen LogP contribution in [-0.4, -0.2) is 30.0 Å². The largest absolute Gasteiger partial charge is 0.466 e. The number of carbonyl (C=O) groups is 1. The predicted molar refractivity (Wildman–Crippen MR) is 42.5 cm³/mol. The molecule has 0 aliphatic rings. The molecule has 0 aliphatic heterocycles. The SMILES string of the molecule is CCOC(=O)CC(C(C)O)C(F)(F)F. The molecule has 84 valence electrons. The van der Waals surface area contributed by atoms with Crippen molar-refractivity contribution in [3.63, 3.8) is 0 Å². The minimum absolute atomic E-state index is 0.0310. The van der Waals surface area contributed by atoms with E-state index in [4.69, 9.17) is 5.11 Å². The monoisotopic (exact) mass is 214 g/mol. The van der Waals surface area contributed by atoms with Crippen LogP contribution in [0.1, 0.15) is 20.3 Å². The first-order valence-electron chi connectivity index (χ1n) is 4.19. The van der Waals surface area contributed by atoms with Gasteiger partial charge in [-0.15, -0.1) is 0 Å². The van der Waals surface area contributed by atoms with E-state index in [2.05, 4.69) is 4.74 Å². The number of hydrogen-bond donors (Lipinski definition) is 1. The summed E-state index contributed by atoms with van der Waals surface area (Å²) in [5.74, 6) is -3.00. The lowest BCUT2D eigenvalue weighted by atomic mass is 9.99. The van der Waals surface area contributed by atoms with Crippen molar-refractivity contribution in [2.75, 3.05) is 6.61 Å². The highest BCUT2D eigenvalue weighted by Crippen LogP contribution is 2.31. The zero-order valence-electron chi connectivity index (χ0n) is 7.97. The van der Waals surface area contributed by atoms with Crippen LogP contribution in [0.25, 0.3) is 0 Å². The Morgan fingerprint density at radius 3 is 2.29 bits per heavy atom. The van der Waals surface area contributed by atoms with Gasteiger partial charge in [0.05, 0.1) is 25.0 Å². The highest BCUT2D eigenvalue weighted by molar-refractivity contribution is 5.69. The molecular weight excluding hydrogens is 201 g/mol. The first kappa shape index (κ1) is 13.2. The standard InChI is InChI=1S/C8H13F3O3/c1-3-14-7(13)4-6(5(2)12)8(9,10)11/h5-6,12H,3-4H2,1-2H3. The minimum Gasteiger partial charge on any atom is -0.466 e. The lowest BCUT2D eigenvalue weighted by Crippen LogP contribution is -2.34. The van der Waals surface area contributed by atoms with E-state index in [1.165, 1.54) is 6.92 Å². The second kappa shape index (κ2) is 5.19. The van der Waals surface area contributed by atoms with Crippen LogP contribution in [0.2, 0.25) is 0 Å². The van der Waals surface area contributed by atoms with Crippen molar-refractivity contribution in [2.24, 2.45) is 5.92 Å². The maximum atomic E-state index is 12.2. The van der Waals surface area contributed by atoms with Gasteiger partial charge in [-0.2, -0.15) is 13.2 Å². The van der Waals surface area contributed by atoms with Gasteiger partial charge in [0.15, 0.2) is 0 Å². The summed E-state index contributed by atoms with van der Waals surface area (Å²) < 4.78 is 41.0. The van der Waals surface area contributed by atoms with Gasteiger partial charge in [-0.1, -0.05) is 0 Å². The topological polar surface area (TPSA) is 46.5 Å². The lowest BCUT2D eigenvalue weighted by Gasteiger charge is -2.21. The van der Waals surface area contributed by atoms with E-state index in [1.54, 1.807) is 0 Å². The number of esters is 1. The van der Waals surface area contributed by atoms with Gasteiger partial charge in [-0.05, 0) is 13.8 Å². The molecule has 0 aromatic heterocycles. The molecule has 6 heteroatoms. The van der Waals surface area contributed by atoms with Gasteiger partial charge in [-0.3, -0.25) is 4.79 Å². The number of aliphatic hydroxyl groups is 1. The Balaban J connectivity index is 4.32. The van der Waals surface area contributed by atoms with Crippen LogP contribution in [-0.2, 0) is 9.53 Å². The molecule has 2 atom stereocenters. The fourth-order valence-corrected chi connectivity index (χ4v) is 0.959. The third kappa shape index (κ3) is 4.45. The third-order valence-corrected chi connectivity index (χ3v) is 1.69. The zero-order valence-corrected chi connectivity index (χ0v) is 7.97. The maximum absolute atomic E-state index is 12.2. The number of hydrogen-bond acceptors (Lipinski definition) is 3. The summed E-state index contributed by atoms with van der Waals surface area (Å²) in [5, 5.41) is 8.84. The fraction of sp³-hybridized carbons (Fsp3) is 0.875. The van der Waals surface area contributed by atoms with E-state index in [0.29, 0.717) is 0 Å². The molecule has 0 aromatic rings. The fourth-order valence-electron chi connectivity index (χ4n) is 0.959. The smallest absolute Gasteiger partial charge is 0.394 e. The Kier molecular flexibility index (Phi) is 4.90. The van der Waals surface area contributed by atoms with E-state index < -0.39 is 30.6 Å². The van der Waals surface area contributed by atoms with E-state index in [1.807, 2.05) is 0 Å². The molecule has 0 rings (SSSR count). The molecule has 0 radical (unpaired) electrons. The van der Waals surface area contributed by atoms with Crippen molar-refractivity contribution < 1.29 is 27.8 Å². The predicted octanol–water partition coefficient (Wildman–Crippen LogP) is 1.50. The van der Waals surface area contributed by atoms with Crippen molar-refractivity contribution in [3.8, 4) is 0 Å². The highest BCUT2D eigenvalue weighted by Gasteiger charge is 2.44. The minimum atomic E-state index is -4.58. The second-order valence-electron chi connectivity index (χ2n) is 2.90. The Morgan fingerprint density at radius 2 is 2.00 bits per heavy atom. The summed E-state index contributed by atoms with van der Waals surface area (Å²) in [6, 6.07) is 0. The number of rotatable bonds is 4. The molecule has 14 heavy (non-hydrogen) atoms. The molecule has 0 saturated heterocycles. The maximum Gasteiger partial charge on any atom is 0.394 e. The summed E-state index contributed by atoms with van der Waals surface area (Å²) in [6.07, 6.45) is -7.03. The van der Waals surface area contributed by atoms with Crippen LogP contribution in [0.4, 0.5) is 13.2 Å². The first-order valence-corrected chi connectivity index (χ1v) is 4.19. The summed E-state index contributed by atoms with van der Waals surface area (Å²) in [6.45, 7) is 2.53. The second-order valence-corrected chi connectivity index (χ2v) is 2.90. The number of alkyl halides is 3. The summed E-state index contributed by atoms with van der Waals surface area (Å²) in [7, 11) is 0. The van der Waals surface area contributed by atoms with E-state index >= 15 is 0 Å². The molecule has 1 N–H and O–H groups in total. The van der Waals surface area contributed by atoms with E-state index in [9.17, 15) is 18.0 Å². The Morgan fingerprint density at radius 1 is 1.50 bits per heavy atom. The average molecular weight is 214 g/mol. The van der Waals surface area contributed by atoms with Gasteiger partial charge in [0.1, 0.15) is 0 Å². The normalized spacial score (nSPS) is 16.1. The van der Waals surface area contributed by atoms with Crippen LogP contribution in [0.3, 0.4) is 0 Å². The van der Waals surface area contributed by atoms with Crippen molar-refractivity contribution in [2.45, 2.75) is 32.5 Å². The average Bonchev–Trinajstić information content (AvgIpc) is 1.98. The Bertz CT molecular complexity index is 189. The number of carbonyl (C=O) groups excluding carboxylic acids is 1. The van der Waals surface area contributed by atoms with Crippen molar-refractivity contribution >= 4 is 5.97 Å². The lowest BCUT2D eigenvalue weighted by molar-refractivity contribution is -0.204. The van der Waals surface area contributed by atoms with Crippen LogP contribution in [0.5, 0.6) is 0 Å². The summed E-state index contributed by atoms with van der Waals surface area (Å²) in [4.78, 5) is 10.8. The van der Waals surface area contributed by atoms with Gasteiger partial charge in [0.25, 0.3) is 0 Å². The van der Waals surface area contributed by atoms with Gasteiger partial charge < -0.3 is 9.84 Å². The molecule has 0 spiro atoms. The quantitative estimate of drug-likeness (QED) is 0.721. The molecule has 2 unspecified atom stereocenters. The summed E-state index contributed by atoms with van der Waals surface area (Å²) in [5.41, 5.74) is 0. The van der Waals surface area contributed by atoms with Crippen LogP contribution in [0, 0.1) is 5.92 Å². The first-order chi connectivity index (χ1) is 6.29. The number of halogens is 3. The molecule has 0 fully saturated rings. The zero-order chi connectivity index (χ0) is 11.4. The molecule has 0 saturated carbocycles. The molecule has 0 aliphatic carbocycles. The van der Waals surface area contributed by atoms with Crippen molar-refractivity contribution in [3.05, 3.63) is 0 Å². The van der Waals surface area contributed by atoms with Gasteiger partial charge in [0, 0.05) is 0 Å². The van der Waals surface area contributed by atoms with Crippen molar-refractivity contribution in [1.82, 2.24) is 0 Å². The molecule has 0 heterocycles. The molecule has 3 nitrogen and oxygen atoms in total. The Hall–Kier alpha value is -0.780. The van der Waals surface area contributed by atoms with Gasteiger partial charge in [-0.25, -0.2) is 0 Å². The third-order valence-electron chi connectivity index (χ3n) is 1.69. The highest BCUT2D eigenvalue weighted by atomic mass is 19.4. The van der Waals surface area contributed by atoms with Gasteiger partial charge >= 0.3 is 12.1 Å². The van der Waals surface area contributed by atoms with Crippen LogP contribution in [0.15, 0.2) is 0 Å². The molecule has 0 amide bonds. The molecule has 0 aromatic carbocycles. The number of aliphatic hydroxyl groups excluding tert-OH is 1. The summed E-state index contributed by atoms with van der Waals surface area (Å²) >= 11 is 0. The van der Waals surface area contributed by atoms with Gasteiger partial charge in [0.2, 0.25) is 0 Å². The van der Waals surface area contributed by atoms with Crippen LogP contribution >= 0.6 is 0 Å². The van der Waals surface area contributed by atoms with E-state index in [0.717, 1.165) is 6.92 Å². The Labute approximate surface area is 79.9 Å². The van der Waals surface area contributed by atoms with E-state index in [-0.39, 0.29) is 6.61 Å². The van der Waals surface area contributed by atoms with Crippen molar-refractivity contribution in [1.29, 1.82) is 0 Å². The molecular formula is C8H13F3O3.